The molecule has 0 heterocycles. The second-order valence-corrected chi connectivity index (χ2v) is 4.92. The Bertz CT molecular complexity index is 454. The van der Waals surface area contributed by atoms with Crippen molar-refractivity contribution in [2.75, 3.05) is 0 Å². The van der Waals surface area contributed by atoms with E-state index in [9.17, 15) is 19.3 Å². The van der Waals surface area contributed by atoms with Crippen LogP contribution in [0.25, 0.3) is 0 Å². The average Bonchev–Trinajstić information content (AvgIpc) is 2.26. The van der Waals surface area contributed by atoms with Crippen molar-refractivity contribution in [2.24, 2.45) is 0 Å². The molecule has 0 amide bonds. The van der Waals surface area contributed by atoms with Gasteiger partial charge in [-0.3, -0.25) is 10.1 Å². The lowest BCUT2D eigenvalue weighted by molar-refractivity contribution is -0.565. The van der Waals surface area contributed by atoms with Crippen molar-refractivity contribution in [3.05, 3.63) is 45.8 Å². The highest BCUT2D eigenvalue weighted by Crippen LogP contribution is 2.33. The molecule has 0 aliphatic heterocycles. The van der Waals surface area contributed by atoms with Gasteiger partial charge < -0.3 is 4.79 Å². The predicted molar refractivity (Wildman–Crippen MR) is 65.5 cm³/mol. The van der Waals surface area contributed by atoms with Crippen LogP contribution < -0.4 is 0 Å². The maximum absolute atomic E-state index is 12.9. The monoisotopic (exact) mass is 253 g/mol. The molecule has 0 aliphatic carbocycles. The summed E-state index contributed by atoms with van der Waals surface area (Å²) in [5.41, 5.74) is -0.669. The molecular formula is C13H16FNO3. The SMILES string of the molecule is CC(=O)C[C@H](c1ccc(F)cc1)C(C)(C)[N+](=O)[O-]. The Balaban J connectivity index is 3.17. The smallest absolute Gasteiger partial charge is 0.223 e. The number of carbonyl (C=O) groups excluding carboxylic acids is 1. The van der Waals surface area contributed by atoms with E-state index >= 15 is 0 Å². The maximum atomic E-state index is 12.9. The van der Waals surface area contributed by atoms with E-state index in [0.29, 0.717) is 5.56 Å². The fraction of sp³-hybridized carbons (Fsp3) is 0.462. The fourth-order valence-corrected chi connectivity index (χ4v) is 1.89. The quantitative estimate of drug-likeness (QED) is 0.598. The summed E-state index contributed by atoms with van der Waals surface area (Å²) in [6, 6.07) is 5.49. The van der Waals surface area contributed by atoms with E-state index in [1.54, 1.807) is 0 Å². The predicted octanol–water partition coefficient (Wildman–Crippen LogP) is 2.94. The second kappa shape index (κ2) is 5.25. The normalized spacial score (nSPS) is 13.1. The summed E-state index contributed by atoms with van der Waals surface area (Å²) >= 11 is 0. The highest BCUT2D eigenvalue weighted by molar-refractivity contribution is 5.76. The molecule has 0 aromatic heterocycles. The molecule has 4 nitrogen and oxygen atoms in total. The molecule has 0 saturated carbocycles. The van der Waals surface area contributed by atoms with Crippen LogP contribution in [0.15, 0.2) is 24.3 Å². The Morgan fingerprint density at radius 2 is 1.89 bits per heavy atom. The molecule has 0 saturated heterocycles. The Hall–Kier alpha value is -1.78. The molecular weight excluding hydrogens is 237 g/mol. The van der Waals surface area contributed by atoms with Crippen LogP contribution in [0, 0.1) is 15.9 Å². The molecule has 98 valence electrons. The summed E-state index contributed by atoms with van der Waals surface area (Å²) in [5, 5.41) is 11.1. The minimum absolute atomic E-state index is 0.0691. The van der Waals surface area contributed by atoms with Crippen LogP contribution in [0.1, 0.15) is 38.7 Å². The number of benzene rings is 1. The Labute approximate surface area is 105 Å². The molecule has 0 fully saturated rings. The first-order chi connectivity index (χ1) is 8.25. The summed E-state index contributed by atoms with van der Waals surface area (Å²) in [4.78, 5) is 22.0. The number of rotatable bonds is 5. The van der Waals surface area contributed by atoms with Gasteiger partial charge in [0.15, 0.2) is 0 Å². The van der Waals surface area contributed by atoms with Crippen LogP contribution in [-0.4, -0.2) is 16.2 Å². The van der Waals surface area contributed by atoms with Crippen molar-refractivity contribution in [3.63, 3.8) is 0 Å². The zero-order valence-corrected chi connectivity index (χ0v) is 10.6. The third-order valence-corrected chi connectivity index (χ3v) is 3.09. The van der Waals surface area contributed by atoms with Gasteiger partial charge in [0.2, 0.25) is 5.54 Å². The number of ketones is 1. The van der Waals surface area contributed by atoms with E-state index in [0.717, 1.165) is 0 Å². The minimum Gasteiger partial charge on any atom is -0.300 e. The maximum Gasteiger partial charge on any atom is 0.223 e. The number of nitro groups is 1. The van der Waals surface area contributed by atoms with Crippen molar-refractivity contribution >= 4 is 5.78 Å². The molecule has 0 bridgehead atoms. The van der Waals surface area contributed by atoms with Gasteiger partial charge in [-0.1, -0.05) is 12.1 Å². The number of carbonyl (C=O) groups is 1. The number of halogens is 1. The fourth-order valence-electron chi connectivity index (χ4n) is 1.89. The van der Waals surface area contributed by atoms with Gasteiger partial charge in [0, 0.05) is 25.2 Å². The zero-order chi connectivity index (χ0) is 13.9. The molecule has 1 rings (SSSR count). The first-order valence-electron chi connectivity index (χ1n) is 5.64. The first-order valence-corrected chi connectivity index (χ1v) is 5.64. The first kappa shape index (κ1) is 14.3. The van der Waals surface area contributed by atoms with Crippen LogP contribution in [0.4, 0.5) is 4.39 Å². The molecule has 0 radical (unpaired) electrons. The van der Waals surface area contributed by atoms with E-state index in [4.69, 9.17) is 0 Å². The topological polar surface area (TPSA) is 60.2 Å². The number of hydrogen-bond acceptors (Lipinski definition) is 3. The summed E-state index contributed by atoms with van der Waals surface area (Å²) in [7, 11) is 0. The molecule has 0 unspecified atom stereocenters. The van der Waals surface area contributed by atoms with E-state index < -0.39 is 22.2 Å². The molecule has 1 aromatic rings. The zero-order valence-electron chi connectivity index (χ0n) is 10.6. The summed E-state index contributed by atoms with van der Waals surface area (Å²) < 4.78 is 12.9. The van der Waals surface area contributed by atoms with E-state index in [1.165, 1.54) is 45.0 Å². The lowest BCUT2D eigenvalue weighted by Crippen LogP contribution is -2.39. The third kappa shape index (κ3) is 3.12. The van der Waals surface area contributed by atoms with Gasteiger partial charge in [-0.05, 0) is 24.6 Å². The van der Waals surface area contributed by atoms with Crippen LogP contribution in [0.5, 0.6) is 0 Å². The Kier molecular flexibility index (Phi) is 4.16. The highest BCUT2D eigenvalue weighted by atomic mass is 19.1. The number of hydrogen-bond donors (Lipinski definition) is 0. The van der Waals surface area contributed by atoms with Crippen LogP contribution in [0.3, 0.4) is 0 Å². The molecule has 5 heteroatoms. The van der Waals surface area contributed by atoms with Crippen molar-refractivity contribution in [1.82, 2.24) is 0 Å². The molecule has 1 atom stereocenters. The van der Waals surface area contributed by atoms with Gasteiger partial charge in [0.1, 0.15) is 11.6 Å². The summed E-state index contributed by atoms with van der Waals surface area (Å²) in [6.07, 6.45) is 0.0691. The minimum atomic E-state index is -1.27. The largest absolute Gasteiger partial charge is 0.300 e. The van der Waals surface area contributed by atoms with Gasteiger partial charge in [-0.2, -0.15) is 0 Å². The average molecular weight is 253 g/mol. The standard InChI is InChI=1S/C13H16FNO3/c1-9(16)8-12(13(2,3)15(17)18)10-4-6-11(14)7-5-10/h4-7,12H,8H2,1-3H3/t12-/m1/s1. The summed E-state index contributed by atoms with van der Waals surface area (Å²) in [6.45, 7) is 4.35. The molecule has 0 N–H and O–H groups in total. The molecule has 0 aliphatic rings. The van der Waals surface area contributed by atoms with Crippen LogP contribution in [-0.2, 0) is 4.79 Å². The van der Waals surface area contributed by atoms with Gasteiger partial charge >= 0.3 is 0 Å². The van der Waals surface area contributed by atoms with E-state index in [-0.39, 0.29) is 12.2 Å². The summed E-state index contributed by atoms with van der Waals surface area (Å²) in [5.74, 6) is -1.09. The third-order valence-electron chi connectivity index (χ3n) is 3.09. The Morgan fingerprint density at radius 1 is 1.39 bits per heavy atom. The second-order valence-electron chi connectivity index (χ2n) is 4.92. The van der Waals surface area contributed by atoms with E-state index in [2.05, 4.69) is 0 Å². The number of nitrogens with zero attached hydrogens (tertiary/aromatic N) is 1. The van der Waals surface area contributed by atoms with Gasteiger partial charge in [0.05, 0.1) is 5.92 Å². The molecule has 0 spiro atoms. The van der Waals surface area contributed by atoms with Gasteiger partial charge in [0.25, 0.3) is 0 Å². The van der Waals surface area contributed by atoms with Crippen LogP contribution >= 0.6 is 0 Å². The lowest BCUT2D eigenvalue weighted by atomic mass is 9.79. The van der Waals surface area contributed by atoms with Crippen molar-refractivity contribution in [2.45, 2.75) is 38.6 Å². The highest BCUT2D eigenvalue weighted by Gasteiger charge is 2.42. The van der Waals surface area contributed by atoms with Gasteiger partial charge in [-0.25, -0.2) is 4.39 Å². The van der Waals surface area contributed by atoms with Crippen LogP contribution in [0.2, 0.25) is 0 Å². The van der Waals surface area contributed by atoms with Crippen molar-refractivity contribution < 1.29 is 14.1 Å². The van der Waals surface area contributed by atoms with Gasteiger partial charge in [-0.15, -0.1) is 0 Å². The Morgan fingerprint density at radius 3 is 2.28 bits per heavy atom. The number of Topliss-reactive ketones (excluding diaryl/α,β-unsaturated/α-hetero) is 1. The van der Waals surface area contributed by atoms with Crippen molar-refractivity contribution in [3.8, 4) is 0 Å². The molecule has 1 aromatic carbocycles. The lowest BCUT2D eigenvalue weighted by Gasteiger charge is -2.26. The molecule has 18 heavy (non-hydrogen) atoms. The van der Waals surface area contributed by atoms with Crippen molar-refractivity contribution in [1.29, 1.82) is 0 Å². The van der Waals surface area contributed by atoms with E-state index in [1.807, 2.05) is 0 Å².